The summed E-state index contributed by atoms with van der Waals surface area (Å²) in [7, 11) is 0. The van der Waals surface area contributed by atoms with Gasteiger partial charge in [-0.05, 0) is 18.9 Å². The molecule has 0 bridgehead atoms. The number of nitrogens with zero attached hydrogens (tertiary/aromatic N) is 2. The molecule has 1 aromatic heterocycles. The zero-order valence-corrected chi connectivity index (χ0v) is 10.7. The van der Waals surface area contributed by atoms with Gasteiger partial charge in [0, 0.05) is 18.5 Å². The van der Waals surface area contributed by atoms with Gasteiger partial charge >= 0.3 is 0 Å². The van der Waals surface area contributed by atoms with Crippen molar-refractivity contribution in [1.82, 2.24) is 15.1 Å². The van der Waals surface area contributed by atoms with Gasteiger partial charge in [0.1, 0.15) is 6.54 Å². The molecule has 1 amide bonds. The number of ether oxygens (including phenoxy) is 1. The molecule has 0 radical (unpaired) electrons. The molecule has 1 N–H and O–H groups in total. The predicted molar refractivity (Wildman–Crippen MR) is 71.7 cm³/mol. The van der Waals surface area contributed by atoms with Crippen LogP contribution < -0.4 is 5.32 Å². The van der Waals surface area contributed by atoms with Crippen LogP contribution in [0.1, 0.15) is 12.8 Å². The van der Waals surface area contributed by atoms with Gasteiger partial charge in [0.15, 0.2) is 0 Å². The van der Waals surface area contributed by atoms with Crippen molar-refractivity contribution in [2.75, 3.05) is 13.2 Å². The summed E-state index contributed by atoms with van der Waals surface area (Å²) in [5.74, 6) is -0.0237. The lowest BCUT2D eigenvalue weighted by molar-refractivity contribution is -0.122. The number of nitrogens with one attached hydrogen (secondary N) is 1. The first-order valence-electron chi connectivity index (χ1n) is 6.62. The van der Waals surface area contributed by atoms with Crippen LogP contribution >= 0.6 is 0 Å². The van der Waals surface area contributed by atoms with E-state index >= 15 is 0 Å². The van der Waals surface area contributed by atoms with Crippen molar-refractivity contribution in [3.63, 3.8) is 0 Å². The minimum absolute atomic E-state index is 0.0237. The smallest absolute Gasteiger partial charge is 0.241 e. The van der Waals surface area contributed by atoms with Crippen molar-refractivity contribution in [3.8, 4) is 0 Å². The Kier molecular flexibility index (Phi) is 3.46. The summed E-state index contributed by atoms with van der Waals surface area (Å²) in [6.45, 7) is 1.66. The second kappa shape index (κ2) is 5.40. The van der Waals surface area contributed by atoms with Gasteiger partial charge in [0.25, 0.3) is 0 Å². The fourth-order valence-corrected chi connectivity index (χ4v) is 2.38. The maximum absolute atomic E-state index is 11.9. The zero-order valence-electron chi connectivity index (χ0n) is 10.7. The molecule has 5 heteroatoms. The topological polar surface area (TPSA) is 56.2 Å². The van der Waals surface area contributed by atoms with E-state index in [0.29, 0.717) is 6.54 Å². The van der Waals surface area contributed by atoms with E-state index < -0.39 is 0 Å². The van der Waals surface area contributed by atoms with Gasteiger partial charge in [0.05, 0.1) is 17.8 Å². The fourth-order valence-electron chi connectivity index (χ4n) is 2.38. The summed E-state index contributed by atoms with van der Waals surface area (Å²) in [6.07, 6.45) is 4.08. The highest BCUT2D eigenvalue weighted by atomic mass is 16.5. The largest absolute Gasteiger partial charge is 0.376 e. The van der Waals surface area contributed by atoms with E-state index in [2.05, 4.69) is 10.4 Å². The first-order chi connectivity index (χ1) is 9.33. The number of aromatic nitrogens is 2. The van der Waals surface area contributed by atoms with E-state index in [1.807, 2.05) is 24.3 Å². The quantitative estimate of drug-likeness (QED) is 0.901. The molecule has 2 aromatic rings. The number of amides is 1. The van der Waals surface area contributed by atoms with Gasteiger partial charge in [-0.3, -0.25) is 9.48 Å². The van der Waals surface area contributed by atoms with Crippen LogP contribution in [-0.4, -0.2) is 34.9 Å². The molecule has 19 heavy (non-hydrogen) atoms. The Balaban J connectivity index is 1.59. The first-order valence-corrected chi connectivity index (χ1v) is 6.62. The summed E-state index contributed by atoms with van der Waals surface area (Å²) in [5.41, 5.74) is 0.981. The van der Waals surface area contributed by atoms with Crippen LogP contribution in [0.5, 0.6) is 0 Å². The van der Waals surface area contributed by atoms with Crippen LogP contribution in [0.4, 0.5) is 0 Å². The van der Waals surface area contributed by atoms with E-state index in [4.69, 9.17) is 4.74 Å². The van der Waals surface area contributed by atoms with Gasteiger partial charge in [-0.1, -0.05) is 18.2 Å². The highest BCUT2D eigenvalue weighted by Crippen LogP contribution is 2.12. The second-order valence-electron chi connectivity index (χ2n) is 4.80. The lowest BCUT2D eigenvalue weighted by Crippen LogP contribution is -2.34. The number of hydrogen-bond acceptors (Lipinski definition) is 3. The summed E-state index contributed by atoms with van der Waals surface area (Å²) in [5, 5.41) is 8.19. The first kappa shape index (κ1) is 12.2. The number of rotatable bonds is 4. The fraction of sp³-hybridized carbons (Fsp3) is 0.429. The lowest BCUT2D eigenvalue weighted by Gasteiger charge is -2.11. The number of hydrogen-bond donors (Lipinski definition) is 1. The van der Waals surface area contributed by atoms with Gasteiger partial charge in [0.2, 0.25) is 5.91 Å². The third-order valence-electron chi connectivity index (χ3n) is 3.40. The molecule has 0 saturated carbocycles. The number of carbonyl (C=O) groups excluding carboxylic acids is 1. The number of benzene rings is 1. The normalized spacial score (nSPS) is 18.8. The molecule has 1 atom stereocenters. The molecule has 5 nitrogen and oxygen atoms in total. The molecule has 0 spiro atoms. The van der Waals surface area contributed by atoms with Gasteiger partial charge in [-0.15, -0.1) is 0 Å². The van der Waals surface area contributed by atoms with Crippen LogP contribution in [0.3, 0.4) is 0 Å². The maximum atomic E-state index is 11.9. The van der Waals surface area contributed by atoms with E-state index in [-0.39, 0.29) is 18.6 Å². The molecule has 1 fully saturated rings. The Morgan fingerprint density at radius 1 is 1.47 bits per heavy atom. The summed E-state index contributed by atoms with van der Waals surface area (Å²) >= 11 is 0. The highest BCUT2D eigenvalue weighted by molar-refractivity contribution is 5.81. The van der Waals surface area contributed by atoms with Crippen molar-refractivity contribution >= 4 is 16.8 Å². The summed E-state index contributed by atoms with van der Waals surface area (Å²) < 4.78 is 7.19. The third kappa shape index (κ3) is 2.76. The summed E-state index contributed by atoms with van der Waals surface area (Å²) in [6, 6.07) is 7.87. The molecular formula is C14H17N3O2. The molecule has 2 heterocycles. The van der Waals surface area contributed by atoms with E-state index in [1.54, 1.807) is 10.9 Å². The molecule has 3 rings (SSSR count). The second-order valence-corrected chi connectivity index (χ2v) is 4.80. The molecule has 1 unspecified atom stereocenters. The van der Waals surface area contributed by atoms with Crippen molar-refractivity contribution < 1.29 is 9.53 Å². The Morgan fingerprint density at radius 3 is 3.21 bits per heavy atom. The lowest BCUT2D eigenvalue weighted by atomic mass is 10.2. The molecule has 1 aliphatic rings. The van der Waals surface area contributed by atoms with Crippen LogP contribution in [0.2, 0.25) is 0 Å². The minimum Gasteiger partial charge on any atom is -0.376 e. The van der Waals surface area contributed by atoms with Crippen molar-refractivity contribution in [3.05, 3.63) is 30.5 Å². The Morgan fingerprint density at radius 2 is 2.37 bits per heavy atom. The Bertz CT molecular complexity index is 573. The van der Waals surface area contributed by atoms with Crippen molar-refractivity contribution in [1.29, 1.82) is 0 Å². The van der Waals surface area contributed by atoms with Crippen molar-refractivity contribution in [2.24, 2.45) is 0 Å². The minimum atomic E-state index is -0.0237. The van der Waals surface area contributed by atoms with E-state index in [1.165, 1.54) is 0 Å². The Hall–Kier alpha value is -1.88. The Labute approximate surface area is 111 Å². The summed E-state index contributed by atoms with van der Waals surface area (Å²) in [4.78, 5) is 11.9. The molecule has 1 aromatic carbocycles. The van der Waals surface area contributed by atoms with Crippen LogP contribution in [0.15, 0.2) is 30.5 Å². The molecular weight excluding hydrogens is 242 g/mol. The predicted octanol–water partition coefficient (Wildman–Crippen LogP) is 1.33. The maximum Gasteiger partial charge on any atom is 0.241 e. The monoisotopic (exact) mass is 259 g/mol. The molecule has 0 aliphatic carbocycles. The highest BCUT2D eigenvalue weighted by Gasteiger charge is 2.16. The SMILES string of the molecule is O=C(Cn1ncc2ccccc21)NCC1CCCO1. The average Bonchev–Trinajstić information content (AvgIpc) is 3.07. The zero-order chi connectivity index (χ0) is 13.1. The number of carbonyl (C=O) groups is 1. The van der Waals surface area contributed by atoms with Gasteiger partial charge < -0.3 is 10.1 Å². The average molecular weight is 259 g/mol. The van der Waals surface area contributed by atoms with Gasteiger partial charge in [-0.25, -0.2) is 0 Å². The van der Waals surface area contributed by atoms with Crippen LogP contribution in [0.25, 0.3) is 10.9 Å². The van der Waals surface area contributed by atoms with E-state index in [9.17, 15) is 4.79 Å². The molecule has 100 valence electrons. The molecule has 1 aliphatic heterocycles. The van der Waals surface area contributed by atoms with Crippen molar-refractivity contribution in [2.45, 2.75) is 25.5 Å². The molecule has 1 saturated heterocycles. The van der Waals surface area contributed by atoms with Gasteiger partial charge in [-0.2, -0.15) is 5.10 Å². The van der Waals surface area contributed by atoms with E-state index in [0.717, 1.165) is 30.4 Å². The van der Waals surface area contributed by atoms with Crippen LogP contribution in [0, 0.1) is 0 Å². The number of fused-ring (bicyclic) bond motifs is 1. The van der Waals surface area contributed by atoms with Crippen LogP contribution in [-0.2, 0) is 16.1 Å². The number of para-hydroxylation sites is 1. The third-order valence-corrected chi connectivity index (χ3v) is 3.40. The standard InChI is InChI=1S/C14H17N3O2/c18-14(15-9-12-5-3-7-19-12)10-17-13-6-2-1-4-11(13)8-16-17/h1-2,4,6,8,12H,3,5,7,9-10H2,(H,15,18).